The number of hydrogen-bond acceptors (Lipinski definition) is 6. The zero-order chi connectivity index (χ0) is 16.6. The van der Waals surface area contributed by atoms with Gasteiger partial charge in [0.25, 0.3) is 5.69 Å². The number of aryl methyl sites for hydroxylation is 1. The molecule has 118 valence electrons. The number of aromatic nitrogens is 2. The predicted molar refractivity (Wildman–Crippen MR) is 85.9 cm³/mol. The van der Waals surface area contributed by atoms with Crippen LogP contribution in [0.25, 0.3) is 16.2 Å². The first-order chi connectivity index (χ1) is 11.0. The highest BCUT2D eigenvalue weighted by atomic mass is 32.1. The molecule has 0 unspecified atom stereocenters. The molecule has 0 radical (unpaired) electrons. The normalized spacial score (nSPS) is 10.9. The highest BCUT2D eigenvalue weighted by Crippen LogP contribution is 2.28. The molecule has 0 saturated heterocycles. The van der Waals surface area contributed by atoms with Gasteiger partial charge in [-0.25, -0.2) is 9.78 Å². The third-order valence-electron chi connectivity index (χ3n) is 3.39. The summed E-state index contributed by atoms with van der Waals surface area (Å²) in [5.74, 6) is -0.350. The maximum absolute atomic E-state index is 11.9. The van der Waals surface area contributed by atoms with E-state index in [1.165, 1.54) is 23.5 Å². The minimum atomic E-state index is -0.439. The van der Waals surface area contributed by atoms with Crippen molar-refractivity contribution < 1.29 is 14.5 Å². The van der Waals surface area contributed by atoms with Crippen LogP contribution in [0.15, 0.2) is 30.5 Å². The SMILES string of the molecule is CCOC(=O)c1sc2nc(-c3ccc([N+](=O)[O-])cc3)cn2c1C. The van der Waals surface area contributed by atoms with Crippen LogP contribution in [0, 0.1) is 17.0 Å². The van der Waals surface area contributed by atoms with Crippen LogP contribution in [-0.2, 0) is 4.74 Å². The molecule has 0 N–H and O–H groups in total. The fraction of sp³-hybridized carbons (Fsp3) is 0.200. The lowest BCUT2D eigenvalue weighted by Gasteiger charge is -1.99. The number of nitro groups is 1. The number of nitro benzene ring substituents is 1. The van der Waals surface area contributed by atoms with Gasteiger partial charge in [0, 0.05) is 29.6 Å². The molecule has 0 aliphatic carbocycles. The van der Waals surface area contributed by atoms with E-state index in [1.807, 2.05) is 17.5 Å². The smallest absolute Gasteiger partial charge is 0.350 e. The van der Waals surface area contributed by atoms with E-state index in [0.29, 0.717) is 22.1 Å². The number of thiazole rings is 1. The number of rotatable bonds is 4. The average Bonchev–Trinajstić information content (AvgIpc) is 3.07. The van der Waals surface area contributed by atoms with Gasteiger partial charge >= 0.3 is 5.97 Å². The van der Waals surface area contributed by atoms with Gasteiger partial charge < -0.3 is 4.74 Å². The summed E-state index contributed by atoms with van der Waals surface area (Å²) in [5.41, 5.74) is 2.29. The lowest BCUT2D eigenvalue weighted by molar-refractivity contribution is -0.384. The van der Waals surface area contributed by atoms with E-state index in [0.717, 1.165) is 11.3 Å². The van der Waals surface area contributed by atoms with Crippen molar-refractivity contribution in [2.75, 3.05) is 6.61 Å². The third kappa shape index (κ3) is 2.68. The number of non-ortho nitro benzene ring substituents is 1. The molecule has 2 heterocycles. The molecule has 23 heavy (non-hydrogen) atoms. The van der Waals surface area contributed by atoms with Crippen LogP contribution in [0.3, 0.4) is 0 Å². The molecule has 3 aromatic rings. The summed E-state index contributed by atoms with van der Waals surface area (Å²) in [6.07, 6.45) is 1.81. The van der Waals surface area contributed by atoms with E-state index in [2.05, 4.69) is 4.98 Å². The van der Waals surface area contributed by atoms with Gasteiger partial charge in [0.2, 0.25) is 0 Å². The summed E-state index contributed by atoms with van der Waals surface area (Å²) in [5, 5.41) is 10.7. The topological polar surface area (TPSA) is 86.7 Å². The van der Waals surface area contributed by atoms with Crippen LogP contribution in [0.5, 0.6) is 0 Å². The second kappa shape index (κ2) is 5.81. The van der Waals surface area contributed by atoms with Gasteiger partial charge in [0.15, 0.2) is 4.96 Å². The van der Waals surface area contributed by atoms with Crippen LogP contribution in [0.2, 0.25) is 0 Å². The Hall–Kier alpha value is -2.74. The highest BCUT2D eigenvalue weighted by molar-refractivity contribution is 7.19. The molecule has 8 heteroatoms. The number of benzene rings is 1. The van der Waals surface area contributed by atoms with Gasteiger partial charge in [-0.3, -0.25) is 14.5 Å². The van der Waals surface area contributed by atoms with Crippen molar-refractivity contribution in [3.8, 4) is 11.3 Å². The minimum absolute atomic E-state index is 0.0375. The van der Waals surface area contributed by atoms with Crippen molar-refractivity contribution in [1.29, 1.82) is 0 Å². The summed E-state index contributed by atoms with van der Waals surface area (Å²) in [6, 6.07) is 6.21. The molecule has 0 aliphatic heterocycles. The van der Waals surface area contributed by atoms with E-state index < -0.39 is 4.92 Å². The number of nitrogens with zero attached hydrogens (tertiary/aromatic N) is 3. The number of ether oxygens (including phenoxy) is 1. The van der Waals surface area contributed by atoms with Gasteiger partial charge in [-0.15, -0.1) is 0 Å². The molecule has 0 bridgehead atoms. The molecule has 1 aromatic carbocycles. The van der Waals surface area contributed by atoms with Gasteiger partial charge in [0.1, 0.15) is 4.88 Å². The first-order valence-corrected chi connectivity index (χ1v) is 7.73. The van der Waals surface area contributed by atoms with E-state index in [-0.39, 0.29) is 11.7 Å². The summed E-state index contributed by atoms with van der Waals surface area (Å²) >= 11 is 1.26. The zero-order valence-corrected chi connectivity index (χ0v) is 13.3. The molecule has 2 aromatic heterocycles. The van der Waals surface area contributed by atoms with Crippen molar-refractivity contribution in [2.45, 2.75) is 13.8 Å². The summed E-state index contributed by atoms with van der Waals surface area (Å²) < 4.78 is 6.85. The van der Waals surface area contributed by atoms with Gasteiger partial charge in [0.05, 0.1) is 17.2 Å². The first kappa shape index (κ1) is 15.2. The largest absolute Gasteiger partial charge is 0.462 e. The summed E-state index contributed by atoms with van der Waals surface area (Å²) in [7, 11) is 0. The minimum Gasteiger partial charge on any atom is -0.462 e. The van der Waals surface area contributed by atoms with Crippen LogP contribution in [0.4, 0.5) is 5.69 Å². The molecular formula is C15H13N3O4S. The Bertz CT molecular complexity index is 895. The Balaban J connectivity index is 1.98. The lowest BCUT2D eigenvalue weighted by Crippen LogP contribution is -2.04. The Morgan fingerprint density at radius 3 is 2.65 bits per heavy atom. The molecule has 0 spiro atoms. The van der Waals surface area contributed by atoms with Gasteiger partial charge in [-0.2, -0.15) is 0 Å². The Kier molecular flexibility index (Phi) is 3.83. The van der Waals surface area contributed by atoms with Crippen molar-refractivity contribution >= 4 is 28.0 Å². The maximum Gasteiger partial charge on any atom is 0.350 e. The van der Waals surface area contributed by atoms with Crippen molar-refractivity contribution in [1.82, 2.24) is 9.38 Å². The summed E-state index contributed by atoms with van der Waals surface area (Å²) in [6.45, 7) is 3.92. The van der Waals surface area contributed by atoms with E-state index in [1.54, 1.807) is 19.1 Å². The molecule has 0 saturated carbocycles. The van der Waals surface area contributed by atoms with Crippen LogP contribution in [0.1, 0.15) is 22.3 Å². The average molecular weight is 331 g/mol. The number of hydrogen-bond donors (Lipinski definition) is 0. The molecule has 0 fully saturated rings. The second-order valence-corrected chi connectivity index (χ2v) is 5.80. The monoisotopic (exact) mass is 331 g/mol. The van der Waals surface area contributed by atoms with Crippen molar-refractivity contribution in [3.63, 3.8) is 0 Å². The van der Waals surface area contributed by atoms with E-state index in [9.17, 15) is 14.9 Å². The number of carbonyl (C=O) groups excluding carboxylic acids is 1. The standard InChI is InChI=1S/C15H13N3O4S/c1-3-22-14(19)13-9(2)17-8-12(16-15(17)23-13)10-4-6-11(7-5-10)18(20)21/h4-8H,3H2,1-2H3. The fourth-order valence-corrected chi connectivity index (χ4v) is 3.23. The fourth-order valence-electron chi connectivity index (χ4n) is 2.23. The molecule has 3 rings (SSSR count). The van der Waals surface area contributed by atoms with Crippen LogP contribution >= 0.6 is 11.3 Å². The Labute approximate surface area is 135 Å². The van der Waals surface area contributed by atoms with Gasteiger partial charge in [-0.05, 0) is 26.0 Å². The van der Waals surface area contributed by atoms with E-state index >= 15 is 0 Å². The third-order valence-corrected chi connectivity index (χ3v) is 4.53. The highest BCUT2D eigenvalue weighted by Gasteiger charge is 2.19. The summed E-state index contributed by atoms with van der Waals surface area (Å²) in [4.78, 5) is 27.8. The van der Waals surface area contributed by atoms with E-state index in [4.69, 9.17) is 4.74 Å². The van der Waals surface area contributed by atoms with Crippen molar-refractivity contribution in [3.05, 3.63) is 51.1 Å². The van der Waals surface area contributed by atoms with Crippen LogP contribution < -0.4 is 0 Å². The Morgan fingerprint density at radius 2 is 2.09 bits per heavy atom. The maximum atomic E-state index is 11.9. The molecule has 0 amide bonds. The molecule has 7 nitrogen and oxygen atoms in total. The van der Waals surface area contributed by atoms with Gasteiger partial charge in [-0.1, -0.05) is 11.3 Å². The number of fused-ring (bicyclic) bond motifs is 1. The second-order valence-electron chi connectivity index (χ2n) is 4.82. The molecule has 0 atom stereocenters. The predicted octanol–water partition coefficient (Wildman–Crippen LogP) is 3.46. The zero-order valence-electron chi connectivity index (χ0n) is 12.5. The lowest BCUT2D eigenvalue weighted by atomic mass is 10.1. The van der Waals surface area contributed by atoms with Crippen LogP contribution in [-0.4, -0.2) is 26.9 Å². The number of esters is 1. The van der Waals surface area contributed by atoms with Crippen molar-refractivity contribution in [2.24, 2.45) is 0 Å². The number of carbonyl (C=O) groups is 1. The molecule has 0 aliphatic rings. The molecular weight excluding hydrogens is 318 g/mol. The quantitative estimate of drug-likeness (QED) is 0.415. The number of imidazole rings is 1. The Morgan fingerprint density at radius 1 is 1.39 bits per heavy atom. The first-order valence-electron chi connectivity index (χ1n) is 6.91.